The standard InChI is InChI=1S/C14H20N2O/c1-4-14(2,3)16-13(17)12-9-10-7-5-6-8-11(10)15-12/h5-8,12,15H,4,9H2,1-3H3,(H,16,17)/t12-/m0/s1. The molecular weight excluding hydrogens is 212 g/mol. The van der Waals surface area contributed by atoms with Gasteiger partial charge in [-0.2, -0.15) is 0 Å². The molecule has 1 aromatic carbocycles. The van der Waals surface area contributed by atoms with Gasteiger partial charge in [0.25, 0.3) is 0 Å². The normalized spacial score (nSPS) is 18.4. The van der Waals surface area contributed by atoms with Gasteiger partial charge in [-0.05, 0) is 31.9 Å². The van der Waals surface area contributed by atoms with Gasteiger partial charge in [-0.1, -0.05) is 25.1 Å². The highest BCUT2D eigenvalue weighted by molar-refractivity contribution is 5.87. The molecule has 1 amide bonds. The lowest BCUT2D eigenvalue weighted by Gasteiger charge is -2.26. The van der Waals surface area contributed by atoms with Crippen molar-refractivity contribution in [2.24, 2.45) is 0 Å². The van der Waals surface area contributed by atoms with Crippen LogP contribution in [-0.2, 0) is 11.2 Å². The fourth-order valence-corrected chi connectivity index (χ4v) is 1.97. The van der Waals surface area contributed by atoms with E-state index in [1.165, 1.54) is 5.56 Å². The van der Waals surface area contributed by atoms with Crippen LogP contribution in [0, 0.1) is 0 Å². The summed E-state index contributed by atoms with van der Waals surface area (Å²) in [5.74, 6) is 0.0908. The summed E-state index contributed by atoms with van der Waals surface area (Å²) in [7, 11) is 0. The summed E-state index contributed by atoms with van der Waals surface area (Å²) in [6, 6.07) is 7.96. The molecule has 17 heavy (non-hydrogen) atoms. The number of fused-ring (bicyclic) bond motifs is 1. The number of hydrogen-bond donors (Lipinski definition) is 2. The second-order valence-corrected chi connectivity index (χ2v) is 5.28. The Morgan fingerprint density at radius 3 is 2.82 bits per heavy atom. The number of benzene rings is 1. The molecule has 0 saturated heterocycles. The molecule has 0 unspecified atom stereocenters. The Morgan fingerprint density at radius 1 is 1.47 bits per heavy atom. The van der Waals surface area contributed by atoms with E-state index in [1.54, 1.807) is 0 Å². The van der Waals surface area contributed by atoms with Gasteiger partial charge in [0.15, 0.2) is 0 Å². The van der Waals surface area contributed by atoms with Crippen molar-refractivity contribution in [3.8, 4) is 0 Å². The van der Waals surface area contributed by atoms with Crippen molar-refractivity contribution in [3.63, 3.8) is 0 Å². The first-order valence-electron chi connectivity index (χ1n) is 6.18. The van der Waals surface area contributed by atoms with E-state index >= 15 is 0 Å². The summed E-state index contributed by atoms with van der Waals surface area (Å²) < 4.78 is 0. The minimum Gasteiger partial charge on any atom is -0.373 e. The molecule has 3 heteroatoms. The fourth-order valence-electron chi connectivity index (χ4n) is 1.97. The van der Waals surface area contributed by atoms with E-state index in [2.05, 4.69) is 23.6 Å². The number of amides is 1. The molecule has 0 saturated carbocycles. The molecule has 0 radical (unpaired) electrons. The molecule has 1 aliphatic heterocycles. The van der Waals surface area contributed by atoms with Crippen molar-refractivity contribution >= 4 is 11.6 Å². The zero-order chi connectivity index (χ0) is 12.5. The van der Waals surface area contributed by atoms with E-state index < -0.39 is 0 Å². The number of carbonyl (C=O) groups excluding carboxylic acids is 1. The lowest BCUT2D eigenvalue weighted by atomic mass is 10.0. The maximum absolute atomic E-state index is 12.1. The molecule has 1 aliphatic rings. The van der Waals surface area contributed by atoms with Crippen molar-refractivity contribution < 1.29 is 4.79 Å². The molecule has 92 valence electrons. The van der Waals surface area contributed by atoms with Crippen molar-refractivity contribution in [2.45, 2.75) is 45.2 Å². The summed E-state index contributed by atoms with van der Waals surface area (Å²) >= 11 is 0. The Labute approximate surface area is 103 Å². The third kappa shape index (κ3) is 2.60. The van der Waals surface area contributed by atoms with Gasteiger partial charge in [0, 0.05) is 17.6 Å². The van der Waals surface area contributed by atoms with E-state index in [4.69, 9.17) is 0 Å². The molecule has 0 spiro atoms. The Balaban J connectivity index is 2.01. The summed E-state index contributed by atoms with van der Waals surface area (Å²) in [6.07, 6.45) is 1.71. The molecule has 1 atom stereocenters. The number of rotatable bonds is 3. The van der Waals surface area contributed by atoms with Crippen LogP contribution in [0.3, 0.4) is 0 Å². The molecule has 2 rings (SSSR count). The quantitative estimate of drug-likeness (QED) is 0.839. The summed E-state index contributed by atoms with van der Waals surface area (Å²) in [5, 5.41) is 6.35. The minimum atomic E-state index is -0.131. The van der Waals surface area contributed by atoms with Gasteiger partial charge >= 0.3 is 0 Å². The Morgan fingerprint density at radius 2 is 2.18 bits per heavy atom. The predicted octanol–water partition coefficient (Wildman–Crippen LogP) is 2.33. The second-order valence-electron chi connectivity index (χ2n) is 5.28. The van der Waals surface area contributed by atoms with Crippen LogP contribution in [-0.4, -0.2) is 17.5 Å². The van der Waals surface area contributed by atoms with E-state index in [0.29, 0.717) is 0 Å². The Bertz CT molecular complexity index is 401. The highest BCUT2D eigenvalue weighted by Gasteiger charge is 2.29. The van der Waals surface area contributed by atoms with Crippen LogP contribution in [0.5, 0.6) is 0 Å². The third-order valence-electron chi connectivity index (χ3n) is 3.43. The largest absolute Gasteiger partial charge is 0.373 e. The van der Waals surface area contributed by atoms with E-state index in [9.17, 15) is 4.79 Å². The molecule has 0 bridgehead atoms. The summed E-state index contributed by atoms with van der Waals surface area (Å²) in [6.45, 7) is 6.18. The zero-order valence-electron chi connectivity index (χ0n) is 10.7. The van der Waals surface area contributed by atoms with Crippen LogP contribution in [0.2, 0.25) is 0 Å². The zero-order valence-corrected chi connectivity index (χ0v) is 10.7. The lowest BCUT2D eigenvalue weighted by Crippen LogP contribution is -2.49. The molecule has 1 heterocycles. The maximum atomic E-state index is 12.1. The van der Waals surface area contributed by atoms with E-state index in [0.717, 1.165) is 18.5 Å². The number of carbonyl (C=O) groups is 1. The van der Waals surface area contributed by atoms with Crippen molar-refractivity contribution in [3.05, 3.63) is 29.8 Å². The average molecular weight is 232 g/mol. The van der Waals surface area contributed by atoms with E-state index in [1.807, 2.05) is 32.0 Å². The first-order valence-corrected chi connectivity index (χ1v) is 6.18. The first-order chi connectivity index (χ1) is 8.02. The van der Waals surface area contributed by atoms with Gasteiger partial charge in [0.05, 0.1) is 0 Å². The van der Waals surface area contributed by atoms with Gasteiger partial charge in [0.1, 0.15) is 6.04 Å². The molecule has 1 aromatic rings. The SMILES string of the molecule is CCC(C)(C)NC(=O)[C@@H]1Cc2ccccc2N1. The molecule has 2 N–H and O–H groups in total. The number of hydrogen-bond acceptors (Lipinski definition) is 2. The highest BCUT2D eigenvalue weighted by atomic mass is 16.2. The average Bonchev–Trinajstić information content (AvgIpc) is 2.72. The van der Waals surface area contributed by atoms with Crippen LogP contribution < -0.4 is 10.6 Å². The van der Waals surface area contributed by atoms with Gasteiger partial charge in [-0.3, -0.25) is 4.79 Å². The van der Waals surface area contributed by atoms with Gasteiger partial charge < -0.3 is 10.6 Å². The lowest BCUT2D eigenvalue weighted by molar-refractivity contribution is -0.123. The topological polar surface area (TPSA) is 41.1 Å². The minimum absolute atomic E-state index is 0.0908. The van der Waals surface area contributed by atoms with Gasteiger partial charge in [-0.25, -0.2) is 0 Å². The van der Waals surface area contributed by atoms with Crippen LogP contribution >= 0.6 is 0 Å². The van der Waals surface area contributed by atoms with Gasteiger partial charge in [0.2, 0.25) is 5.91 Å². The molecular formula is C14H20N2O. The molecule has 0 aromatic heterocycles. The monoisotopic (exact) mass is 232 g/mol. The summed E-state index contributed by atoms with van der Waals surface area (Å²) in [5.41, 5.74) is 2.18. The Hall–Kier alpha value is -1.51. The molecule has 3 nitrogen and oxygen atoms in total. The maximum Gasteiger partial charge on any atom is 0.243 e. The number of anilines is 1. The van der Waals surface area contributed by atoms with E-state index in [-0.39, 0.29) is 17.5 Å². The van der Waals surface area contributed by atoms with Crippen LogP contribution in [0.4, 0.5) is 5.69 Å². The number of nitrogens with one attached hydrogen (secondary N) is 2. The van der Waals surface area contributed by atoms with Crippen molar-refractivity contribution in [2.75, 3.05) is 5.32 Å². The first kappa shape index (κ1) is 12.0. The van der Waals surface area contributed by atoms with Crippen LogP contribution in [0.25, 0.3) is 0 Å². The predicted molar refractivity (Wildman–Crippen MR) is 70.1 cm³/mol. The smallest absolute Gasteiger partial charge is 0.243 e. The van der Waals surface area contributed by atoms with Crippen molar-refractivity contribution in [1.82, 2.24) is 5.32 Å². The van der Waals surface area contributed by atoms with Crippen LogP contribution in [0.15, 0.2) is 24.3 Å². The van der Waals surface area contributed by atoms with Gasteiger partial charge in [-0.15, -0.1) is 0 Å². The summed E-state index contributed by atoms with van der Waals surface area (Å²) in [4.78, 5) is 12.1. The second kappa shape index (κ2) is 4.40. The van der Waals surface area contributed by atoms with Crippen molar-refractivity contribution in [1.29, 1.82) is 0 Å². The molecule has 0 aliphatic carbocycles. The Kier molecular flexibility index (Phi) is 3.09. The third-order valence-corrected chi connectivity index (χ3v) is 3.43. The number of para-hydroxylation sites is 1. The highest BCUT2D eigenvalue weighted by Crippen LogP contribution is 2.25. The molecule has 0 fully saturated rings. The fraction of sp³-hybridized carbons (Fsp3) is 0.500. The van der Waals surface area contributed by atoms with Crippen LogP contribution in [0.1, 0.15) is 32.8 Å².